The second kappa shape index (κ2) is 7.52. The zero-order valence-electron chi connectivity index (χ0n) is 15.4. The molecule has 1 aliphatic heterocycles. The maximum absolute atomic E-state index is 12.7. The van der Waals surface area contributed by atoms with Gasteiger partial charge in [0.25, 0.3) is 5.91 Å². The highest BCUT2D eigenvalue weighted by Gasteiger charge is 2.31. The summed E-state index contributed by atoms with van der Waals surface area (Å²) in [5.41, 5.74) is 1.25. The van der Waals surface area contributed by atoms with E-state index in [1.165, 1.54) is 4.88 Å². The summed E-state index contributed by atoms with van der Waals surface area (Å²) in [4.78, 5) is 15.1. The van der Waals surface area contributed by atoms with Gasteiger partial charge < -0.3 is 5.32 Å². The molecule has 1 aliphatic rings. The van der Waals surface area contributed by atoms with E-state index in [9.17, 15) is 13.2 Å². The average molecular weight is 396 g/mol. The Morgan fingerprint density at radius 2 is 2.12 bits per heavy atom. The molecule has 2 aromatic rings. The normalized spacial score (nSPS) is 19.2. The van der Waals surface area contributed by atoms with Gasteiger partial charge in [0.05, 0.1) is 35.3 Å². The summed E-state index contributed by atoms with van der Waals surface area (Å²) in [6, 6.07) is 3.95. The van der Waals surface area contributed by atoms with Crippen molar-refractivity contribution in [1.82, 2.24) is 15.1 Å². The monoisotopic (exact) mass is 395 g/mol. The van der Waals surface area contributed by atoms with E-state index in [2.05, 4.69) is 23.4 Å². The SMILES string of the molecule is CCc1ccc(CNC(=O)c2cn(C3CCS(=O)(=O)C3)nc2C(C)C)s1. The van der Waals surface area contributed by atoms with Crippen LogP contribution in [0.3, 0.4) is 0 Å². The molecule has 3 heterocycles. The number of hydrogen-bond acceptors (Lipinski definition) is 5. The number of aryl methyl sites for hydroxylation is 1. The molecule has 1 saturated heterocycles. The third kappa shape index (κ3) is 4.17. The van der Waals surface area contributed by atoms with E-state index in [0.29, 0.717) is 24.2 Å². The predicted molar refractivity (Wildman–Crippen MR) is 103 cm³/mol. The molecule has 2 aromatic heterocycles. The summed E-state index contributed by atoms with van der Waals surface area (Å²) in [5.74, 6) is 0.215. The van der Waals surface area contributed by atoms with E-state index < -0.39 is 9.84 Å². The molecular weight excluding hydrogens is 370 g/mol. The van der Waals surface area contributed by atoms with Crippen molar-refractivity contribution in [2.45, 2.75) is 52.1 Å². The number of aromatic nitrogens is 2. The van der Waals surface area contributed by atoms with Crippen molar-refractivity contribution in [3.63, 3.8) is 0 Å². The van der Waals surface area contributed by atoms with Gasteiger partial charge in [-0.2, -0.15) is 5.10 Å². The highest BCUT2D eigenvalue weighted by atomic mass is 32.2. The highest BCUT2D eigenvalue weighted by Crippen LogP contribution is 2.26. The van der Waals surface area contributed by atoms with Gasteiger partial charge in [-0.05, 0) is 30.9 Å². The fraction of sp³-hybridized carbons (Fsp3) is 0.556. The average Bonchev–Trinajstić information content (AvgIpc) is 3.29. The number of amides is 1. The Balaban J connectivity index is 1.76. The second-order valence-corrected chi connectivity index (χ2v) is 10.5. The van der Waals surface area contributed by atoms with Crippen molar-refractivity contribution in [3.8, 4) is 0 Å². The smallest absolute Gasteiger partial charge is 0.255 e. The van der Waals surface area contributed by atoms with Gasteiger partial charge in [-0.15, -0.1) is 11.3 Å². The van der Waals surface area contributed by atoms with E-state index in [0.717, 1.165) is 11.3 Å². The van der Waals surface area contributed by atoms with Crippen molar-refractivity contribution in [1.29, 1.82) is 0 Å². The summed E-state index contributed by atoms with van der Waals surface area (Å²) < 4.78 is 25.2. The van der Waals surface area contributed by atoms with Crippen molar-refractivity contribution in [2.75, 3.05) is 11.5 Å². The number of sulfone groups is 1. The van der Waals surface area contributed by atoms with Crippen molar-refractivity contribution in [3.05, 3.63) is 39.3 Å². The summed E-state index contributed by atoms with van der Waals surface area (Å²) in [7, 11) is -2.99. The van der Waals surface area contributed by atoms with E-state index in [-0.39, 0.29) is 29.4 Å². The zero-order valence-corrected chi connectivity index (χ0v) is 17.0. The van der Waals surface area contributed by atoms with Gasteiger partial charge in [-0.3, -0.25) is 9.48 Å². The van der Waals surface area contributed by atoms with Crippen LogP contribution in [0.2, 0.25) is 0 Å². The molecule has 1 unspecified atom stereocenters. The van der Waals surface area contributed by atoms with Crippen LogP contribution in [0.15, 0.2) is 18.3 Å². The largest absolute Gasteiger partial charge is 0.347 e. The van der Waals surface area contributed by atoms with Crippen LogP contribution in [0.4, 0.5) is 0 Å². The maximum Gasteiger partial charge on any atom is 0.255 e. The topological polar surface area (TPSA) is 81.1 Å². The van der Waals surface area contributed by atoms with E-state index in [1.807, 2.05) is 19.9 Å². The molecule has 3 rings (SSSR count). The molecule has 0 spiro atoms. The lowest BCUT2D eigenvalue weighted by molar-refractivity contribution is 0.0950. The fourth-order valence-electron chi connectivity index (χ4n) is 3.15. The quantitative estimate of drug-likeness (QED) is 0.815. The molecule has 6 nitrogen and oxygen atoms in total. The summed E-state index contributed by atoms with van der Waals surface area (Å²) in [6.07, 6.45) is 3.26. The number of carbonyl (C=O) groups excluding carboxylic acids is 1. The number of rotatable bonds is 6. The van der Waals surface area contributed by atoms with Gasteiger partial charge in [0.15, 0.2) is 9.84 Å². The third-order valence-electron chi connectivity index (χ3n) is 4.62. The van der Waals surface area contributed by atoms with Gasteiger partial charge in [0, 0.05) is 16.0 Å². The first-order chi connectivity index (χ1) is 12.3. The first-order valence-electron chi connectivity index (χ1n) is 8.94. The van der Waals surface area contributed by atoms with Crippen LogP contribution in [0.5, 0.6) is 0 Å². The summed E-state index contributed by atoms with van der Waals surface area (Å²) in [6.45, 7) is 6.58. The molecule has 142 valence electrons. The second-order valence-electron chi connectivity index (χ2n) is 7.02. The molecule has 0 aromatic carbocycles. The lowest BCUT2D eigenvalue weighted by atomic mass is 10.1. The van der Waals surface area contributed by atoms with Gasteiger partial charge in [0.1, 0.15) is 0 Å². The van der Waals surface area contributed by atoms with Crippen molar-refractivity contribution < 1.29 is 13.2 Å². The molecule has 0 radical (unpaired) electrons. The molecule has 0 saturated carbocycles. The van der Waals surface area contributed by atoms with Crippen LogP contribution in [0.25, 0.3) is 0 Å². The van der Waals surface area contributed by atoms with Gasteiger partial charge in [-0.1, -0.05) is 20.8 Å². The summed E-state index contributed by atoms with van der Waals surface area (Å²) in [5, 5.41) is 7.51. The molecule has 1 N–H and O–H groups in total. The van der Waals surface area contributed by atoms with Crippen molar-refractivity contribution >= 4 is 27.1 Å². The Bertz CT molecular complexity index is 897. The van der Waals surface area contributed by atoms with Crippen LogP contribution in [-0.2, 0) is 22.8 Å². The Labute approximate surface area is 158 Å². The Morgan fingerprint density at radius 1 is 1.38 bits per heavy atom. The van der Waals surface area contributed by atoms with E-state index in [1.54, 1.807) is 22.2 Å². The van der Waals surface area contributed by atoms with Crippen LogP contribution >= 0.6 is 11.3 Å². The van der Waals surface area contributed by atoms with Crippen LogP contribution in [0, 0.1) is 0 Å². The molecular formula is C18H25N3O3S2. The number of nitrogens with one attached hydrogen (secondary N) is 1. The standard InChI is InChI=1S/C18H25N3O3S2/c1-4-14-5-6-15(25-14)9-19-18(22)16-10-21(20-17(16)12(2)3)13-7-8-26(23,24)11-13/h5-6,10,12-13H,4,7-9,11H2,1-3H3,(H,19,22). The van der Waals surface area contributed by atoms with Crippen LogP contribution < -0.4 is 5.32 Å². The lowest BCUT2D eigenvalue weighted by Gasteiger charge is -2.07. The molecule has 8 heteroatoms. The van der Waals surface area contributed by atoms with Crippen LogP contribution in [0.1, 0.15) is 65.0 Å². The van der Waals surface area contributed by atoms with Crippen LogP contribution in [-0.4, -0.2) is 35.6 Å². The first-order valence-corrected chi connectivity index (χ1v) is 11.6. The molecule has 0 aliphatic carbocycles. The minimum absolute atomic E-state index is 0.0865. The van der Waals surface area contributed by atoms with Crippen molar-refractivity contribution in [2.24, 2.45) is 0 Å². The Morgan fingerprint density at radius 3 is 2.69 bits per heavy atom. The zero-order chi connectivity index (χ0) is 18.9. The Kier molecular flexibility index (Phi) is 5.53. The minimum atomic E-state index is -2.99. The van der Waals surface area contributed by atoms with Gasteiger partial charge in [-0.25, -0.2) is 8.42 Å². The molecule has 26 heavy (non-hydrogen) atoms. The molecule has 1 atom stereocenters. The number of nitrogens with zero attached hydrogens (tertiary/aromatic N) is 2. The van der Waals surface area contributed by atoms with Gasteiger partial charge in [0.2, 0.25) is 0 Å². The number of carbonyl (C=O) groups is 1. The molecule has 1 fully saturated rings. The molecule has 0 bridgehead atoms. The van der Waals surface area contributed by atoms with E-state index in [4.69, 9.17) is 0 Å². The fourth-order valence-corrected chi connectivity index (χ4v) is 5.75. The highest BCUT2D eigenvalue weighted by molar-refractivity contribution is 7.91. The predicted octanol–water partition coefficient (Wildman–Crippen LogP) is 2.92. The first kappa shape index (κ1) is 19.1. The number of hydrogen-bond donors (Lipinski definition) is 1. The lowest BCUT2D eigenvalue weighted by Crippen LogP contribution is -2.23. The number of thiophene rings is 1. The summed E-state index contributed by atoms with van der Waals surface area (Å²) >= 11 is 1.70. The third-order valence-corrected chi connectivity index (χ3v) is 7.60. The van der Waals surface area contributed by atoms with E-state index >= 15 is 0 Å². The Hall–Kier alpha value is -1.67. The minimum Gasteiger partial charge on any atom is -0.347 e. The maximum atomic E-state index is 12.7. The molecule has 1 amide bonds. The van der Waals surface area contributed by atoms with Gasteiger partial charge >= 0.3 is 0 Å².